The highest BCUT2D eigenvalue weighted by Crippen LogP contribution is 2.41. The Morgan fingerprint density at radius 2 is 1.94 bits per heavy atom. The molecule has 0 radical (unpaired) electrons. The van der Waals surface area contributed by atoms with Gasteiger partial charge in [-0.15, -0.1) is 0 Å². The Bertz CT molecular complexity index is 260. The Kier molecular flexibility index (Phi) is 4.71. The van der Waals surface area contributed by atoms with Crippen molar-refractivity contribution in [1.29, 1.82) is 0 Å². The number of nitrogens with zero attached hydrogens (tertiary/aromatic N) is 1. The number of hydrogen-bond acceptors (Lipinski definition) is 2. The van der Waals surface area contributed by atoms with Gasteiger partial charge >= 0.3 is 0 Å². The van der Waals surface area contributed by atoms with Crippen LogP contribution in [0.3, 0.4) is 0 Å². The molecule has 2 rings (SSSR count). The molecule has 1 heterocycles. The highest BCUT2D eigenvalue weighted by atomic mass is 15.2. The zero-order valence-corrected chi connectivity index (χ0v) is 12.8. The molecule has 2 fully saturated rings. The van der Waals surface area contributed by atoms with E-state index >= 15 is 0 Å². The molecule has 3 atom stereocenters. The van der Waals surface area contributed by atoms with Crippen molar-refractivity contribution in [1.82, 2.24) is 10.2 Å². The van der Waals surface area contributed by atoms with Crippen LogP contribution in [0, 0.1) is 5.41 Å². The average Bonchev–Trinajstić information content (AvgIpc) is 2.54. The highest BCUT2D eigenvalue weighted by molar-refractivity contribution is 5.01. The van der Waals surface area contributed by atoms with Crippen molar-refractivity contribution in [3.05, 3.63) is 0 Å². The molecule has 0 aromatic heterocycles. The van der Waals surface area contributed by atoms with E-state index < -0.39 is 0 Å². The second-order valence-corrected chi connectivity index (χ2v) is 7.01. The first-order valence-electron chi connectivity index (χ1n) is 8.03. The summed E-state index contributed by atoms with van der Waals surface area (Å²) in [7, 11) is 2.16. The van der Waals surface area contributed by atoms with Crippen LogP contribution in [-0.2, 0) is 0 Å². The molecule has 0 aromatic carbocycles. The van der Waals surface area contributed by atoms with E-state index in [2.05, 4.69) is 38.0 Å². The van der Waals surface area contributed by atoms with E-state index in [-0.39, 0.29) is 0 Å². The fourth-order valence-corrected chi connectivity index (χ4v) is 4.38. The predicted octanol–water partition coefficient (Wildman–Crippen LogP) is 3.42. The van der Waals surface area contributed by atoms with Gasteiger partial charge in [0.05, 0.1) is 0 Å². The monoisotopic (exact) mass is 252 g/mol. The summed E-state index contributed by atoms with van der Waals surface area (Å²) in [5, 5.41) is 3.62. The largest absolute Gasteiger partial charge is 0.315 e. The van der Waals surface area contributed by atoms with E-state index in [4.69, 9.17) is 0 Å². The van der Waals surface area contributed by atoms with Crippen LogP contribution in [0.5, 0.6) is 0 Å². The van der Waals surface area contributed by atoms with Crippen LogP contribution in [0.1, 0.15) is 65.7 Å². The van der Waals surface area contributed by atoms with Gasteiger partial charge in [-0.05, 0) is 51.1 Å². The molecule has 1 N–H and O–H groups in total. The average molecular weight is 252 g/mol. The van der Waals surface area contributed by atoms with E-state index in [1.807, 2.05) is 0 Å². The van der Waals surface area contributed by atoms with Gasteiger partial charge in [0, 0.05) is 18.1 Å². The topological polar surface area (TPSA) is 15.3 Å². The van der Waals surface area contributed by atoms with Crippen molar-refractivity contribution < 1.29 is 0 Å². The zero-order valence-electron chi connectivity index (χ0n) is 12.8. The van der Waals surface area contributed by atoms with Crippen LogP contribution >= 0.6 is 0 Å². The minimum atomic E-state index is 0.462. The van der Waals surface area contributed by atoms with E-state index in [1.54, 1.807) is 0 Å². The zero-order chi connectivity index (χ0) is 13.2. The van der Waals surface area contributed by atoms with Crippen LogP contribution in [0.25, 0.3) is 0 Å². The Balaban J connectivity index is 2.12. The molecule has 0 amide bonds. The first kappa shape index (κ1) is 14.3. The molecule has 18 heavy (non-hydrogen) atoms. The van der Waals surface area contributed by atoms with Crippen molar-refractivity contribution in [3.63, 3.8) is 0 Å². The molecule has 1 saturated heterocycles. The Hall–Kier alpha value is -0.0800. The Morgan fingerprint density at radius 1 is 1.17 bits per heavy atom. The van der Waals surface area contributed by atoms with E-state index in [0.29, 0.717) is 11.5 Å². The molecule has 0 bridgehead atoms. The van der Waals surface area contributed by atoms with Crippen LogP contribution in [0.15, 0.2) is 0 Å². The lowest BCUT2D eigenvalue weighted by Gasteiger charge is -2.40. The summed E-state index contributed by atoms with van der Waals surface area (Å²) in [6.07, 6.45) is 9.79. The Labute approximate surface area is 114 Å². The molecule has 1 saturated carbocycles. The molecule has 1 aliphatic carbocycles. The van der Waals surface area contributed by atoms with Gasteiger partial charge in [-0.1, -0.05) is 33.6 Å². The first-order chi connectivity index (χ1) is 8.60. The minimum absolute atomic E-state index is 0.462. The lowest BCUT2D eigenvalue weighted by molar-refractivity contribution is 0.101. The second kappa shape index (κ2) is 5.92. The fourth-order valence-electron chi connectivity index (χ4n) is 4.38. The normalized spacial score (nSPS) is 37.7. The molecule has 1 aliphatic heterocycles. The second-order valence-electron chi connectivity index (χ2n) is 7.01. The maximum Gasteiger partial charge on any atom is 0.0271 e. The van der Waals surface area contributed by atoms with Gasteiger partial charge in [0.25, 0.3) is 0 Å². The molecule has 0 aromatic rings. The van der Waals surface area contributed by atoms with Crippen LogP contribution in [-0.4, -0.2) is 36.6 Å². The maximum absolute atomic E-state index is 3.62. The molecule has 2 aliphatic rings. The molecular weight excluding hydrogens is 220 g/mol. The summed E-state index contributed by atoms with van der Waals surface area (Å²) in [6.45, 7) is 8.58. The number of rotatable bonds is 3. The number of hydrogen-bond donors (Lipinski definition) is 1. The summed E-state index contributed by atoms with van der Waals surface area (Å²) in [6, 6.07) is 2.28. The molecule has 3 unspecified atom stereocenters. The van der Waals surface area contributed by atoms with Crippen molar-refractivity contribution >= 4 is 0 Å². The number of likely N-dealkylation sites (tertiary alicyclic amines) is 1. The number of nitrogens with one attached hydrogen (secondary N) is 1. The van der Waals surface area contributed by atoms with E-state index in [9.17, 15) is 0 Å². The van der Waals surface area contributed by atoms with Gasteiger partial charge in [0.1, 0.15) is 0 Å². The smallest absolute Gasteiger partial charge is 0.0271 e. The van der Waals surface area contributed by atoms with E-state index in [1.165, 1.54) is 51.5 Å². The van der Waals surface area contributed by atoms with Crippen LogP contribution in [0.2, 0.25) is 0 Å². The van der Waals surface area contributed by atoms with Gasteiger partial charge < -0.3 is 5.32 Å². The van der Waals surface area contributed by atoms with E-state index in [0.717, 1.165) is 12.1 Å². The van der Waals surface area contributed by atoms with Gasteiger partial charge in [0.15, 0.2) is 0 Å². The first-order valence-corrected chi connectivity index (χ1v) is 8.03. The summed E-state index contributed by atoms with van der Waals surface area (Å²) in [4.78, 5) is 2.86. The van der Waals surface area contributed by atoms with Crippen molar-refractivity contribution in [2.24, 2.45) is 5.41 Å². The highest BCUT2D eigenvalue weighted by Gasteiger charge is 2.44. The van der Waals surface area contributed by atoms with Gasteiger partial charge in [0.2, 0.25) is 0 Å². The lowest BCUT2D eigenvalue weighted by atomic mass is 9.86. The predicted molar refractivity (Wildman–Crippen MR) is 78.9 cm³/mol. The Morgan fingerprint density at radius 3 is 2.61 bits per heavy atom. The third-order valence-corrected chi connectivity index (χ3v) is 5.44. The molecule has 106 valence electrons. The molecular formula is C16H32N2. The van der Waals surface area contributed by atoms with Gasteiger partial charge in [-0.2, -0.15) is 0 Å². The minimum Gasteiger partial charge on any atom is -0.315 e. The number of likely N-dealkylation sites (N-methyl/N-ethyl adjacent to an activating group) is 1. The molecule has 2 nitrogen and oxygen atoms in total. The third kappa shape index (κ3) is 2.75. The standard InChI is InChI=1S/C16H32N2/c1-5-13-9-7-6-8-12-18(13)14-10-11-16(2,3)15(14)17-4/h13-15,17H,5-12H2,1-4H3. The molecule has 2 heteroatoms. The van der Waals surface area contributed by atoms with Crippen molar-refractivity contribution in [2.75, 3.05) is 13.6 Å². The van der Waals surface area contributed by atoms with Crippen LogP contribution < -0.4 is 5.32 Å². The van der Waals surface area contributed by atoms with Crippen LogP contribution in [0.4, 0.5) is 0 Å². The van der Waals surface area contributed by atoms with Gasteiger partial charge in [-0.3, -0.25) is 4.90 Å². The summed E-state index contributed by atoms with van der Waals surface area (Å²) in [5.74, 6) is 0. The molecule has 0 spiro atoms. The lowest BCUT2D eigenvalue weighted by Crippen LogP contribution is -2.53. The van der Waals surface area contributed by atoms with Gasteiger partial charge in [-0.25, -0.2) is 0 Å². The van der Waals surface area contributed by atoms with Crippen molar-refractivity contribution in [3.8, 4) is 0 Å². The third-order valence-electron chi connectivity index (χ3n) is 5.44. The van der Waals surface area contributed by atoms with Crippen molar-refractivity contribution in [2.45, 2.75) is 83.8 Å². The summed E-state index contributed by atoms with van der Waals surface area (Å²) < 4.78 is 0. The summed E-state index contributed by atoms with van der Waals surface area (Å²) in [5.41, 5.74) is 0.462. The SMILES string of the molecule is CCC1CCCCCN1C1CCC(C)(C)C1NC. The quantitative estimate of drug-likeness (QED) is 0.828. The fraction of sp³-hybridized carbons (Fsp3) is 1.00. The summed E-state index contributed by atoms with van der Waals surface area (Å²) >= 11 is 0. The maximum atomic E-state index is 3.62.